The van der Waals surface area contributed by atoms with Gasteiger partial charge >= 0.3 is 5.97 Å². The first kappa shape index (κ1) is 29.1. The van der Waals surface area contributed by atoms with Crippen molar-refractivity contribution in [2.24, 2.45) is 0 Å². The number of carbonyl (C=O) groups excluding carboxylic acids is 2. The van der Waals surface area contributed by atoms with Gasteiger partial charge < -0.3 is 14.8 Å². The first-order valence-electron chi connectivity index (χ1n) is 12.9. The Morgan fingerprint density at radius 3 is 2.52 bits per heavy atom. The summed E-state index contributed by atoms with van der Waals surface area (Å²) in [6.07, 6.45) is 3.85. The molecule has 0 atom stereocenters. The highest BCUT2D eigenvalue weighted by Gasteiger charge is 2.25. The number of unbranched alkanes of at least 4 members (excludes halogenated alkanes) is 1. The van der Waals surface area contributed by atoms with Gasteiger partial charge in [0.25, 0.3) is 0 Å². The van der Waals surface area contributed by atoms with E-state index in [2.05, 4.69) is 29.0 Å². The maximum atomic E-state index is 13.0. The predicted octanol–water partition coefficient (Wildman–Crippen LogP) is 6.86. The maximum absolute atomic E-state index is 13.0. The lowest BCUT2D eigenvalue weighted by atomic mass is 10.0. The van der Waals surface area contributed by atoms with Crippen molar-refractivity contribution in [3.8, 4) is 28.3 Å². The first-order valence-corrected chi connectivity index (χ1v) is 14.7. The molecule has 0 saturated heterocycles. The molecule has 0 aliphatic rings. The van der Waals surface area contributed by atoms with Gasteiger partial charge in [0.15, 0.2) is 11.0 Å². The number of hydrogen-bond acceptors (Lipinski definition) is 8. The van der Waals surface area contributed by atoms with Crippen LogP contribution in [0.5, 0.6) is 5.75 Å². The number of hydrogen-bond donors (Lipinski definition) is 1. The van der Waals surface area contributed by atoms with Gasteiger partial charge in [-0.05, 0) is 43.2 Å². The van der Waals surface area contributed by atoms with Crippen LogP contribution in [0.2, 0.25) is 0 Å². The number of aromatic nitrogens is 3. The number of anilines is 1. The van der Waals surface area contributed by atoms with E-state index in [4.69, 9.17) is 9.47 Å². The third kappa shape index (κ3) is 6.81. The lowest BCUT2D eigenvalue weighted by Crippen LogP contribution is -2.16. The van der Waals surface area contributed by atoms with Crippen LogP contribution < -0.4 is 10.1 Å². The highest BCUT2D eigenvalue weighted by Crippen LogP contribution is 2.40. The van der Waals surface area contributed by atoms with Crippen molar-refractivity contribution in [2.75, 3.05) is 24.8 Å². The molecular weight excluding hydrogens is 544 g/mol. The molecule has 4 aromatic rings. The Hall–Kier alpha value is -3.89. The summed E-state index contributed by atoms with van der Waals surface area (Å²) in [6, 6.07) is 17.3. The number of amides is 1. The van der Waals surface area contributed by atoms with E-state index in [9.17, 15) is 9.59 Å². The number of thiophene rings is 1. The van der Waals surface area contributed by atoms with Crippen molar-refractivity contribution in [3.63, 3.8) is 0 Å². The number of nitrogens with zero attached hydrogens (tertiary/aromatic N) is 3. The second kappa shape index (κ2) is 14.0. The number of aryl methyl sites for hydroxylation is 1. The smallest absolute Gasteiger partial charge is 0.341 e. The normalized spacial score (nSPS) is 10.8. The molecule has 2 heterocycles. The van der Waals surface area contributed by atoms with E-state index in [1.165, 1.54) is 30.2 Å². The third-order valence-corrected chi connectivity index (χ3v) is 8.02. The number of benzene rings is 2. The predicted molar refractivity (Wildman–Crippen MR) is 161 cm³/mol. The molecule has 4 rings (SSSR count). The molecule has 40 heavy (non-hydrogen) atoms. The van der Waals surface area contributed by atoms with E-state index in [0.717, 1.165) is 40.2 Å². The summed E-state index contributed by atoms with van der Waals surface area (Å²) < 4.78 is 12.7. The van der Waals surface area contributed by atoms with Crippen molar-refractivity contribution < 1.29 is 19.1 Å². The number of rotatable bonds is 13. The Bertz CT molecular complexity index is 1460. The van der Waals surface area contributed by atoms with Crippen LogP contribution in [0.3, 0.4) is 0 Å². The Kier molecular flexibility index (Phi) is 10.2. The lowest BCUT2D eigenvalue weighted by molar-refractivity contribution is -0.113. The van der Waals surface area contributed by atoms with Gasteiger partial charge in [0.2, 0.25) is 5.91 Å². The first-order chi connectivity index (χ1) is 19.5. The van der Waals surface area contributed by atoms with Crippen LogP contribution in [-0.4, -0.2) is 46.1 Å². The summed E-state index contributed by atoms with van der Waals surface area (Å²) in [6.45, 7) is 9.08. The van der Waals surface area contributed by atoms with E-state index in [-0.39, 0.29) is 11.7 Å². The molecule has 2 aromatic heterocycles. The molecule has 10 heteroatoms. The minimum absolute atomic E-state index is 0.0811. The molecule has 2 aromatic carbocycles. The molecule has 0 bridgehead atoms. The van der Waals surface area contributed by atoms with Gasteiger partial charge in [-0.1, -0.05) is 61.5 Å². The number of thioether (sulfide) groups is 1. The Morgan fingerprint density at radius 1 is 1.10 bits per heavy atom. The summed E-state index contributed by atoms with van der Waals surface area (Å²) in [4.78, 5) is 26.7. The van der Waals surface area contributed by atoms with Crippen molar-refractivity contribution in [3.05, 3.63) is 77.7 Å². The van der Waals surface area contributed by atoms with Crippen molar-refractivity contribution in [2.45, 2.75) is 38.4 Å². The number of nitrogens with one attached hydrogen (secondary N) is 1. The van der Waals surface area contributed by atoms with Crippen LogP contribution in [0.15, 0.2) is 72.4 Å². The van der Waals surface area contributed by atoms with Crippen LogP contribution in [0.25, 0.3) is 22.5 Å². The Morgan fingerprint density at radius 2 is 1.85 bits per heavy atom. The quantitative estimate of drug-likeness (QED) is 0.0804. The Balaban J connectivity index is 1.49. The van der Waals surface area contributed by atoms with Gasteiger partial charge in [-0.15, -0.1) is 28.1 Å². The van der Waals surface area contributed by atoms with E-state index in [0.29, 0.717) is 34.7 Å². The van der Waals surface area contributed by atoms with E-state index in [1.54, 1.807) is 6.08 Å². The van der Waals surface area contributed by atoms with Crippen LogP contribution in [0.1, 0.15) is 35.0 Å². The van der Waals surface area contributed by atoms with Crippen molar-refractivity contribution in [1.82, 2.24) is 14.8 Å². The van der Waals surface area contributed by atoms with Gasteiger partial charge in [-0.2, -0.15) is 0 Å². The minimum Gasteiger partial charge on any atom is -0.494 e. The number of methoxy groups -OCH3 is 1. The zero-order chi connectivity index (χ0) is 28.5. The molecule has 0 spiro atoms. The van der Waals surface area contributed by atoms with E-state index >= 15 is 0 Å². The SMILES string of the molecule is C=CCn1c(SCC(=O)Nc2sc(C)c(-c3ccccc3)c2C(=O)OC)nnc1-c1ccc(OCCCC)cc1. The Labute approximate surface area is 242 Å². The van der Waals surface area contributed by atoms with E-state index < -0.39 is 5.97 Å². The van der Waals surface area contributed by atoms with Gasteiger partial charge in [0.1, 0.15) is 16.3 Å². The van der Waals surface area contributed by atoms with Crippen LogP contribution >= 0.6 is 23.1 Å². The fourth-order valence-corrected chi connectivity index (χ4v) is 5.94. The average Bonchev–Trinajstić information content (AvgIpc) is 3.52. The summed E-state index contributed by atoms with van der Waals surface area (Å²) in [7, 11) is 1.34. The number of carbonyl (C=O) groups is 2. The average molecular weight is 577 g/mol. The third-order valence-electron chi connectivity index (χ3n) is 6.03. The summed E-state index contributed by atoms with van der Waals surface area (Å²) in [5, 5.41) is 12.7. The van der Waals surface area contributed by atoms with Gasteiger partial charge in [-0.25, -0.2) is 4.79 Å². The fourth-order valence-electron chi connectivity index (χ4n) is 4.11. The van der Waals surface area contributed by atoms with Gasteiger partial charge in [-0.3, -0.25) is 9.36 Å². The summed E-state index contributed by atoms with van der Waals surface area (Å²) in [5.74, 6) is 0.807. The molecule has 1 N–H and O–H groups in total. The second-order valence-corrected chi connectivity index (χ2v) is 11.0. The molecule has 8 nitrogen and oxygen atoms in total. The molecule has 1 amide bonds. The van der Waals surface area contributed by atoms with E-state index in [1.807, 2.05) is 66.1 Å². The van der Waals surface area contributed by atoms with Crippen LogP contribution in [0, 0.1) is 6.92 Å². The molecule has 0 radical (unpaired) electrons. The molecule has 0 fully saturated rings. The monoisotopic (exact) mass is 576 g/mol. The lowest BCUT2D eigenvalue weighted by Gasteiger charge is -2.10. The zero-order valence-corrected chi connectivity index (χ0v) is 24.4. The highest BCUT2D eigenvalue weighted by atomic mass is 32.2. The standard InChI is InChI=1S/C30H32N4O4S2/c1-5-7-18-38-23-15-13-22(14-16-23)27-32-33-30(34(27)17-6-2)39-19-24(35)31-28-26(29(36)37-4)25(20(3)40-28)21-11-9-8-10-12-21/h6,8-16H,2,5,7,17-19H2,1,3-4H3,(H,31,35). The number of esters is 1. The second-order valence-electron chi connectivity index (χ2n) is 8.86. The molecule has 0 unspecified atom stereocenters. The fraction of sp³-hybridized carbons (Fsp3) is 0.267. The topological polar surface area (TPSA) is 95.3 Å². The van der Waals surface area contributed by atoms with Crippen molar-refractivity contribution in [1.29, 1.82) is 0 Å². The number of allylic oxidation sites excluding steroid dienone is 1. The maximum Gasteiger partial charge on any atom is 0.341 e. The van der Waals surface area contributed by atoms with Crippen LogP contribution in [-0.2, 0) is 16.1 Å². The van der Waals surface area contributed by atoms with Gasteiger partial charge in [0, 0.05) is 22.5 Å². The molecule has 0 aliphatic carbocycles. The molecular formula is C30H32N4O4S2. The summed E-state index contributed by atoms with van der Waals surface area (Å²) >= 11 is 2.62. The minimum atomic E-state index is -0.497. The molecule has 208 valence electrons. The molecule has 0 aliphatic heterocycles. The highest BCUT2D eigenvalue weighted by molar-refractivity contribution is 7.99. The zero-order valence-electron chi connectivity index (χ0n) is 22.8. The summed E-state index contributed by atoms with van der Waals surface area (Å²) in [5.41, 5.74) is 2.89. The van der Waals surface area contributed by atoms with Crippen LogP contribution in [0.4, 0.5) is 5.00 Å². The molecule has 0 saturated carbocycles. The largest absolute Gasteiger partial charge is 0.494 e. The van der Waals surface area contributed by atoms with Gasteiger partial charge in [0.05, 0.1) is 19.5 Å². The van der Waals surface area contributed by atoms with Crippen molar-refractivity contribution >= 4 is 40.0 Å². The number of ether oxygens (including phenoxy) is 2.